The zero-order valence-electron chi connectivity index (χ0n) is 13.7. The third-order valence-corrected chi connectivity index (χ3v) is 5.30. The largest absolute Gasteiger partial charge is 0.378 e. The monoisotopic (exact) mass is 383 g/mol. The highest BCUT2D eigenvalue weighted by Crippen LogP contribution is 2.28. The molecule has 3 rings (SSSR count). The van der Waals surface area contributed by atoms with Crippen molar-refractivity contribution in [3.63, 3.8) is 0 Å². The Morgan fingerprint density at radius 3 is 2.65 bits per heavy atom. The fraction of sp³-hybridized carbons (Fsp3) is 0.333. The average Bonchev–Trinajstić information content (AvgIpc) is 3.02. The van der Waals surface area contributed by atoms with E-state index in [2.05, 4.69) is 14.9 Å². The summed E-state index contributed by atoms with van der Waals surface area (Å²) >= 11 is 0. The van der Waals surface area contributed by atoms with Crippen molar-refractivity contribution in [3.8, 4) is 6.07 Å². The van der Waals surface area contributed by atoms with Crippen LogP contribution < -0.4 is 9.62 Å². The Hall–Kier alpha value is -2.71. The van der Waals surface area contributed by atoms with Gasteiger partial charge in [0, 0.05) is 13.1 Å². The lowest BCUT2D eigenvalue weighted by Gasteiger charge is -2.26. The molecule has 2 heterocycles. The van der Waals surface area contributed by atoms with Crippen molar-refractivity contribution in [2.24, 2.45) is 0 Å². The molecule has 0 amide bonds. The Labute approximate surface area is 148 Å². The molecule has 0 spiro atoms. The van der Waals surface area contributed by atoms with Crippen molar-refractivity contribution in [1.82, 2.24) is 10.2 Å². The first-order valence-electron chi connectivity index (χ1n) is 7.63. The molecule has 0 aliphatic carbocycles. The van der Waals surface area contributed by atoms with Crippen LogP contribution in [0.15, 0.2) is 17.0 Å². The first-order valence-corrected chi connectivity index (χ1v) is 9.12. The molecule has 0 atom stereocenters. The highest BCUT2D eigenvalue weighted by Gasteiger charge is 2.27. The maximum atomic E-state index is 14.0. The van der Waals surface area contributed by atoms with Crippen LogP contribution in [0.3, 0.4) is 0 Å². The van der Waals surface area contributed by atoms with Crippen LogP contribution in [0.1, 0.15) is 11.1 Å². The second kappa shape index (κ2) is 6.89. The second-order valence-corrected chi connectivity index (χ2v) is 7.27. The lowest BCUT2D eigenvalue weighted by atomic mass is 10.2. The number of morpholine rings is 1. The van der Waals surface area contributed by atoms with Crippen molar-refractivity contribution in [3.05, 3.63) is 34.9 Å². The summed E-state index contributed by atoms with van der Waals surface area (Å²) in [4.78, 5) is 0.912. The molecule has 1 aliphatic heterocycles. The first kappa shape index (κ1) is 18.1. The van der Waals surface area contributed by atoms with Crippen molar-refractivity contribution < 1.29 is 21.9 Å². The molecule has 8 nitrogen and oxygen atoms in total. The number of aryl methyl sites for hydroxylation is 1. The molecule has 0 radical (unpaired) electrons. The fourth-order valence-electron chi connectivity index (χ4n) is 2.54. The Morgan fingerprint density at radius 1 is 1.31 bits per heavy atom. The van der Waals surface area contributed by atoms with Gasteiger partial charge in [-0.05, 0) is 18.6 Å². The van der Waals surface area contributed by atoms with Gasteiger partial charge in [-0.25, -0.2) is 17.2 Å². The number of anilines is 2. The van der Waals surface area contributed by atoms with Crippen LogP contribution in [-0.2, 0) is 14.8 Å². The van der Waals surface area contributed by atoms with Crippen LogP contribution >= 0.6 is 0 Å². The number of halogens is 2. The van der Waals surface area contributed by atoms with Gasteiger partial charge < -0.3 is 9.64 Å². The molecule has 1 saturated heterocycles. The number of H-pyrrole nitrogens is 1. The Morgan fingerprint density at radius 2 is 2.00 bits per heavy atom. The van der Waals surface area contributed by atoms with Gasteiger partial charge in [0.15, 0.2) is 23.3 Å². The minimum atomic E-state index is -4.46. The van der Waals surface area contributed by atoms with Crippen LogP contribution in [0.2, 0.25) is 0 Å². The number of hydrogen-bond acceptors (Lipinski definition) is 6. The van der Waals surface area contributed by atoms with E-state index in [1.165, 1.54) is 6.92 Å². The van der Waals surface area contributed by atoms with E-state index in [4.69, 9.17) is 4.74 Å². The van der Waals surface area contributed by atoms with Crippen molar-refractivity contribution in [2.75, 3.05) is 35.9 Å². The van der Waals surface area contributed by atoms with E-state index in [1.807, 2.05) is 6.07 Å². The van der Waals surface area contributed by atoms with E-state index in [0.717, 1.165) is 12.1 Å². The molecular weight excluding hydrogens is 368 g/mol. The standard InChI is InChI=1S/C15H15F2N5O3S/c1-9-2-3-11(13(17)12(9)16)26(23,24)21-14-10(8-18)15(20-19-14)22-4-6-25-7-5-22/h2-3H,4-7H2,1H3,(H2,19,20,21). The Balaban J connectivity index is 1.95. The molecule has 1 aromatic heterocycles. The summed E-state index contributed by atoms with van der Waals surface area (Å²) in [6.07, 6.45) is 0. The summed E-state index contributed by atoms with van der Waals surface area (Å²) in [5.41, 5.74) is -0.0567. The van der Waals surface area contributed by atoms with Gasteiger partial charge >= 0.3 is 0 Å². The molecule has 26 heavy (non-hydrogen) atoms. The minimum absolute atomic E-state index is 0.0182. The molecule has 0 saturated carbocycles. The number of nitrogens with one attached hydrogen (secondary N) is 2. The molecule has 2 aromatic rings. The van der Waals surface area contributed by atoms with Crippen LogP contribution in [0, 0.1) is 29.9 Å². The number of rotatable bonds is 4. The lowest BCUT2D eigenvalue weighted by Crippen LogP contribution is -2.36. The predicted molar refractivity (Wildman–Crippen MR) is 88.2 cm³/mol. The van der Waals surface area contributed by atoms with E-state index < -0.39 is 26.6 Å². The maximum Gasteiger partial charge on any atom is 0.266 e. The molecule has 1 aromatic carbocycles. The highest BCUT2D eigenvalue weighted by molar-refractivity contribution is 7.92. The summed E-state index contributed by atoms with van der Waals surface area (Å²) in [6, 6.07) is 4.00. The van der Waals surface area contributed by atoms with Gasteiger partial charge in [-0.3, -0.25) is 9.82 Å². The number of nitrogens with zero attached hydrogens (tertiary/aromatic N) is 3. The summed E-state index contributed by atoms with van der Waals surface area (Å²) < 4.78 is 59.9. The van der Waals surface area contributed by atoms with Gasteiger partial charge in [-0.1, -0.05) is 6.07 Å². The third kappa shape index (κ3) is 3.21. The highest BCUT2D eigenvalue weighted by atomic mass is 32.2. The summed E-state index contributed by atoms with van der Waals surface area (Å²) in [6.45, 7) is 3.20. The zero-order valence-corrected chi connectivity index (χ0v) is 14.5. The Bertz CT molecular complexity index is 978. The topological polar surface area (TPSA) is 111 Å². The van der Waals surface area contributed by atoms with Crippen molar-refractivity contribution in [1.29, 1.82) is 5.26 Å². The van der Waals surface area contributed by atoms with Gasteiger partial charge in [0.05, 0.1) is 13.2 Å². The molecule has 11 heteroatoms. The molecule has 0 bridgehead atoms. The Kier molecular flexibility index (Phi) is 4.80. The van der Waals surface area contributed by atoms with E-state index in [9.17, 15) is 22.5 Å². The fourth-order valence-corrected chi connectivity index (χ4v) is 3.64. The molecule has 1 fully saturated rings. The summed E-state index contributed by atoms with van der Waals surface area (Å²) in [7, 11) is -4.46. The lowest BCUT2D eigenvalue weighted by molar-refractivity contribution is 0.122. The SMILES string of the molecule is Cc1ccc(S(=O)(=O)Nc2[nH]nc(N3CCOCC3)c2C#N)c(F)c1F. The first-order chi connectivity index (χ1) is 12.3. The molecular formula is C15H15F2N5O3S. The summed E-state index contributed by atoms with van der Waals surface area (Å²) in [5, 5.41) is 15.8. The molecule has 138 valence electrons. The number of nitriles is 1. The van der Waals surface area contributed by atoms with E-state index in [1.54, 1.807) is 4.90 Å². The number of ether oxygens (including phenoxy) is 1. The van der Waals surface area contributed by atoms with Gasteiger partial charge in [-0.2, -0.15) is 10.4 Å². The van der Waals surface area contributed by atoms with Gasteiger partial charge in [-0.15, -0.1) is 0 Å². The van der Waals surface area contributed by atoms with E-state index in [-0.39, 0.29) is 22.8 Å². The minimum Gasteiger partial charge on any atom is -0.378 e. The molecule has 1 aliphatic rings. The quantitative estimate of drug-likeness (QED) is 0.828. The maximum absolute atomic E-state index is 14.0. The number of aromatic amines is 1. The smallest absolute Gasteiger partial charge is 0.266 e. The predicted octanol–water partition coefficient (Wildman–Crippen LogP) is 1.51. The van der Waals surface area contributed by atoms with E-state index in [0.29, 0.717) is 26.3 Å². The van der Waals surface area contributed by atoms with Crippen LogP contribution in [0.25, 0.3) is 0 Å². The van der Waals surface area contributed by atoms with Gasteiger partial charge in [0.1, 0.15) is 16.5 Å². The molecule has 2 N–H and O–H groups in total. The molecule has 0 unspecified atom stereocenters. The van der Waals surface area contributed by atoms with Crippen LogP contribution in [0.4, 0.5) is 20.4 Å². The summed E-state index contributed by atoms with van der Waals surface area (Å²) in [5.74, 6) is -2.67. The van der Waals surface area contributed by atoms with Gasteiger partial charge in [0.25, 0.3) is 10.0 Å². The normalized spacial score (nSPS) is 14.9. The van der Waals surface area contributed by atoms with Crippen molar-refractivity contribution in [2.45, 2.75) is 11.8 Å². The van der Waals surface area contributed by atoms with Gasteiger partial charge in [0.2, 0.25) is 0 Å². The number of aromatic nitrogens is 2. The van der Waals surface area contributed by atoms with Crippen LogP contribution in [-0.4, -0.2) is 44.9 Å². The van der Waals surface area contributed by atoms with E-state index >= 15 is 0 Å². The van der Waals surface area contributed by atoms with Crippen LogP contribution in [0.5, 0.6) is 0 Å². The van der Waals surface area contributed by atoms with Crippen molar-refractivity contribution >= 4 is 21.7 Å². The third-order valence-electron chi connectivity index (χ3n) is 3.94. The number of benzene rings is 1. The average molecular weight is 383 g/mol. The zero-order chi connectivity index (χ0) is 18.9. The number of hydrogen-bond donors (Lipinski definition) is 2. The second-order valence-electron chi connectivity index (χ2n) is 5.62. The number of sulfonamides is 1.